The molecule has 1 unspecified atom stereocenters. The van der Waals surface area contributed by atoms with Crippen molar-refractivity contribution >= 4 is 23.0 Å². The van der Waals surface area contributed by atoms with Crippen LogP contribution in [0.3, 0.4) is 0 Å². The molecule has 1 heterocycles. The van der Waals surface area contributed by atoms with Crippen molar-refractivity contribution in [1.82, 2.24) is 4.90 Å². The van der Waals surface area contributed by atoms with Gasteiger partial charge in [0.15, 0.2) is 0 Å². The van der Waals surface area contributed by atoms with Crippen molar-refractivity contribution < 1.29 is 4.92 Å². The number of rotatable bonds is 4. The second-order valence-corrected chi connectivity index (χ2v) is 5.37. The number of anilines is 1. The van der Waals surface area contributed by atoms with E-state index in [2.05, 4.69) is 17.3 Å². The summed E-state index contributed by atoms with van der Waals surface area (Å²) in [6.07, 6.45) is 3.58. The summed E-state index contributed by atoms with van der Waals surface area (Å²) in [5.41, 5.74) is 0.569. The molecular formula is C13H18ClN3O2. The summed E-state index contributed by atoms with van der Waals surface area (Å²) in [5.74, 6) is 0. The zero-order valence-corrected chi connectivity index (χ0v) is 11.7. The van der Waals surface area contributed by atoms with Gasteiger partial charge in [-0.25, -0.2) is 0 Å². The minimum atomic E-state index is -0.404. The number of likely N-dealkylation sites (tertiary alicyclic amines) is 1. The summed E-state index contributed by atoms with van der Waals surface area (Å²) in [5, 5.41) is 14.5. The molecule has 0 aliphatic carbocycles. The van der Waals surface area contributed by atoms with Gasteiger partial charge < -0.3 is 10.2 Å². The highest BCUT2D eigenvalue weighted by Gasteiger charge is 2.20. The Hall–Kier alpha value is -1.33. The molecule has 1 saturated heterocycles. The molecule has 1 atom stereocenters. The van der Waals surface area contributed by atoms with Gasteiger partial charge in [0.25, 0.3) is 5.69 Å². The van der Waals surface area contributed by atoms with Crippen LogP contribution >= 0.6 is 11.6 Å². The number of hydrogen-bond donors (Lipinski definition) is 1. The third-order valence-electron chi connectivity index (χ3n) is 3.61. The first-order valence-corrected chi connectivity index (χ1v) is 6.84. The first kappa shape index (κ1) is 14.1. The summed E-state index contributed by atoms with van der Waals surface area (Å²) >= 11 is 5.79. The summed E-state index contributed by atoms with van der Waals surface area (Å²) in [4.78, 5) is 12.9. The van der Waals surface area contributed by atoms with Crippen LogP contribution in [0.1, 0.15) is 19.3 Å². The Kier molecular flexibility index (Phi) is 4.61. The van der Waals surface area contributed by atoms with E-state index in [1.54, 1.807) is 12.1 Å². The molecule has 5 nitrogen and oxygen atoms in total. The molecule has 1 fully saturated rings. The summed E-state index contributed by atoms with van der Waals surface area (Å²) in [6.45, 7) is 1.81. The van der Waals surface area contributed by atoms with Gasteiger partial charge in [-0.2, -0.15) is 0 Å². The zero-order chi connectivity index (χ0) is 13.8. The van der Waals surface area contributed by atoms with Crippen LogP contribution in [0.15, 0.2) is 18.2 Å². The third-order valence-corrected chi connectivity index (χ3v) is 3.84. The predicted molar refractivity (Wildman–Crippen MR) is 76.9 cm³/mol. The number of piperidine rings is 1. The van der Waals surface area contributed by atoms with Crippen molar-refractivity contribution in [3.05, 3.63) is 33.3 Å². The Morgan fingerprint density at radius 2 is 2.32 bits per heavy atom. The lowest BCUT2D eigenvalue weighted by molar-refractivity contribution is -0.383. The average molecular weight is 284 g/mol. The van der Waals surface area contributed by atoms with Crippen LogP contribution in [-0.2, 0) is 0 Å². The third kappa shape index (κ3) is 3.58. The van der Waals surface area contributed by atoms with E-state index in [4.69, 9.17) is 11.6 Å². The fourth-order valence-corrected chi connectivity index (χ4v) is 2.60. The summed E-state index contributed by atoms with van der Waals surface area (Å²) in [7, 11) is 2.10. The maximum absolute atomic E-state index is 11.0. The standard InChI is InChI=1S/C13H18ClN3O2/c1-16-7-3-2-4-11(16)9-15-12-6-5-10(14)8-13(12)17(18)19/h5-6,8,11,15H,2-4,7,9H2,1H3. The fourth-order valence-electron chi connectivity index (χ4n) is 2.44. The molecule has 19 heavy (non-hydrogen) atoms. The van der Waals surface area contributed by atoms with Crippen molar-refractivity contribution in [1.29, 1.82) is 0 Å². The van der Waals surface area contributed by atoms with Gasteiger partial charge in [-0.1, -0.05) is 18.0 Å². The molecule has 2 rings (SSSR count). The summed E-state index contributed by atoms with van der Waals surface area (Å²) < 4.78 is 0. The molecule has 0 aromatic heterocycles. The molecule has 1 aliphatic rings. The molecule has 1 aromatic carbocycles. The maximum Gasteiger partial charge on any atom is 0.293 e. The monoisotopic (exact) mass is 283 g/mol. The second-order valence-electron chi connectivity index (χ2n) is 4.93. The van der Waals surface area contributed by atoms with Gasteiger partial charge in [-0.15, -0.1) is 0 Å². The van der Waals surface area contributed by atoms with Crippen LogP contribution in [0, 0.1) is 10.1 Å². The lowest BCUT2D eigenvalue weighted by Gasteiger charge is -2.32. The van der Waals surface area contributed by atoms with E-state index in [-0.39, 0.29) is 5.69 Å². The van der Waals surface area contributed by atoms with E-state index in [1.807, 2.05) is 0 Å². The lowest BCUT2D eigenvalue weighted by atomic mass is 10.0. The van der Waals surface area contributed by atoms with E-state index in [1.165, 1.54) is 18.9 Å². The highest BCUT2D eigenvalue weighted by molar-refractivity contribution is 6.30. The van der Waals surface area contributed by atoms with E-state index in [9.17, 15) is 10.1 Å². The Labute approximate surface area is 117 Å². The normalized spacial score (nSPS) is 20.2. The van der Waals surface area contributed by atoms with E-state index >= 15 is 0 Å². The van der Waals surface area contributed by atoms with E-state index in [0.717, 1.165) is 19.5 Å². The average Bonchev–Trinajstić information content (AvgIpc) is 2.38. The lowest BCUT2D eigenvalue weighted by Crippen LogP contribution is -2.40. The first-order chi connectivity index (χ1) is 9.08. The molecule has 104 valence electrons. The number of likely N-dealkylation sites (N-methyl/N-ethyl adjacent to an activating group) is 1. The van der Waals surface area contributed by atoms with Crippen molar-refractivity contribution in [2.24, 2.45) is 0 Å². The molecule has 6 heteroatoms. The minimum absolute atomic E-state index is 0.0333. The van der Waals surface area contributed by atoms with Crippen LogP contribution in [0.25, 0.3) is 0 Å². The second kappa shape index (κ2) is 6.21. The molecular weight excluding hydrogens is 266 g/mol. The van der Waals surface area contributed by atoms with Gasteiger partial charge in [-0.05, 0) is 38.6 Å². The minimum Gasteiger partial charge on any atom is -0.378 e. The predicted octanol–water partition coefficient (Wildman–Crippen LogP) is 3.14. The maximum atomic E-state index is 11.0. The Morgan fingerprint density at radius 3 is 3.00 bits per heavy atom. The smallest absolute Gasteiger partial charge is 0.293 e. The van der Waals surface area contributed by atoms with Crippen LogP contribution in [-0.4, -0.2) is 36.0 Å². The van der Waals surface area contributed by atoms with Crippen LogP contribution in [0.5, 0.6) is 0 Å². The number of hydrogen-bond acceptors (Lipinski definition) is 4. The summed E-state index contributed by atoms with van der Waals surface area (Å²) in [6, 6.07) is 5.16. The van der Waals surface area contributed by atoms with Crippen LogP contribution in [0.2, 0.25) is 5.02 Å². The number of nitro benzene ring substituents is 1. The zero-order valence-electron chi connectivity index (χ0n) is 10.9. The number of nitrogens with one attached hydrogen (secondary N) is 1. The van der Waals surface area contributed by atoms with Gasteiger partial charge in [0.2, 0.25) is 0 Å². The van der Waals surface area contributed by atoms with Gasteiger partial charge >= 0.3 is 0 Å². The molecule has 0 spiro atoms. The van der Waals surface area contributed by atoms with Crippen molar-refractivity contribution in [2.75, 3.05) is 25.5 Å². The van der Waals surface area contributed by atoms with E-state index < -0.39 is 4.92 Å². The Bertz CT molecular complexity index is 467. The topological polar surface area (TPSA) is 58.4 Å². The van der Waals surface area contributed by atoms with Gasteiger partial charge in [0.05, 0.1) is 4.92 Å². The van der Waals surface area contributed by atoms with Gasteiger partial charge in [0, 0.05) is 23.7 Å². The number of halogens is 1. The van der Waals surface area contributed by atoms with Gasteiger partial charge in [0.1, 0.15) is 5.69 Å². The Balaban J connectivity index is 2.04. The fraction of sp³-hybridized carbons (Fsp3) is 0.538. The van der Waals surface area contributed by atoms with Crippen LogP contribution in [0.4, 0.5) is 11.4 Å². The van der Waals surface area contributed by atoms with Crippen molar-refractivity contribution in [3.8, 4) is 0 Å². The van der Waals surface area contributed by atoms with Crippen molar-refractivity contribution in [3.63, 3.8) is 0 Å². The molecule has 0 amide bonds. The molecule has 1 N–H and O–H groups in total. The Morgan fingerprint density at radius 1 is 1.53 bits per heavy atom. The highest BCUT2D eigenvalue weighted by atomic mass is 35.5. The van der Waals surface area contributed by atoms with E-state index in [0.29, 0.717) is 16.8 Å². The molecule has 1 aromatic rings. The quantitative estimate of drug-likeness (QED) is 0.681. The van der Waals surface area contributed by atoms with Crippen molar-refractivity contribution in [2.45, 2.75) is 25.3 Å². The number of nitrogens with zero attached hydrogens (tertiary/aromatic N) is 2. The van der Waals surface area contributed by atoms with Gasteiger partial charge in [-0.3, -0.25) is 10.1 Å². The van der Waals surface area contributed by atoms with Crippen LogP contribution < -0.4 is 5.32 Å². The SMILES string of the molecule is CN1CCCCC1CNc1ccc(Cl)cc1[N+](=O)[O-]. The molecule has 0 radical (unpaired) electrons. The molecule has 1 aliphatic heterocycles. The number of nitro groups is 1. The molecule has 0 bridgehead atoms. The molecule has 0 saturated carbocycles. The first-order valence-electron chi connectivity index (χ1n) is 6.46. The number of benzene rings is 1. The largest absolute Gasteiger partial charge is 0.378 e. The highest BCUT2D eigenvalue weighted by Crippen LogP contribution is 2.28.